The predicted molar refractivity (Wildman–Crippen MR) is 63.4 cm³/mol. The second-order valence-electron chi connectivity index (χ2n) is 3.87. The number of nitrogens with zero attached hydrogens (tertiary/aromatic N) is 2. The average Bonchev–Trinajstić information content (AvgIpc) is 2.32. The molecule has 3 nitrogen and oxygen atoms in total. The van der Waals surface area contributed by atoms with Gasteiger partial charge in [0.2, 0.25) is 0 Å². The van der Waals surface area contributed by atoms with Crippen LogP contribution in [0.4, 0.5) is 20.2 Å². The summed E-state index contributed by atoms with van der Waals surface area (Å²) in [5.41, 5.74) is 5.87. The van der Waals surface area contributed by atoms with E-state index in [4.69, 9.17) is 11.0 Å². The van der Waals surface area contributed by atoms with Crippen LogP contribution in [0.2, 0.25) is 0 Å². The minimum Gasteiger partial charge on any atom is -0.397 e. The summed E-state index contributed by atoms with van der Waals surface area (Å²) in [6.07, 6.45) is 0. The van der Waals surface area contributed by atoms with Gasteiger partial charge in [0.25, 0.3) is 0 Å². The fraction of sp³-hybridized carbons (Fsp3) is 0.417. The Morgan fingerprint density at radius 3 is 2.65 bits per heavy atom. The molecule has 2 N–H and O–H groups in total. The summed E-state index contributed by atoms with van der Waals surface area (Å²) >= 11 is 0. The molecule has 0 heterocycles. The van der Waals surface area contributed by atoms with Gasteiger partial charge in [-0.25, -0.2) is 8.78 Å². The maximum absolute atomic E-state index is 13.7. The Hall–Kier alpha value is -1.83. The van der Waals surface area contributed by atoms with E-state index >= 15 is 0 Å². The fourth-order valence-corrected chi connectivity index (χ4v) is 1.63. The van der Waals surface area contributed by atoms with Gasteiger partial charge < -0.3 is 10.6 Å². The van der Waals surface area contributed by atoms with Gasteiger partial charge in [0.05, 0.1) is 23.4 Å². The van der Waals surface area contributed by atoms with E-state index in [9.17, 15) is 8.78 Å². The summed E-state index contributed by atoms with van der Waals surface area (Å²) in [5.74, 6) is -2.17. The highest BCUT2D eigenvalue weighted by Gasteiger charge is 2.18. The van der Waals surface area contributed by atoms with Crippen LogP contribution in [0, 0.1) is 28.9 Å². The third-order valence-electron chi connectivity index (χ3n) is 2.51. The molecular formula is C12H15F2N3. The van der Waals surface area contributed by atoms with Crippen molar-refractivity contribution in [1.82, 2.24) is 0 Å². The molecule has 0 aliphatic heterocycles. The van der Waals surface area contributed by atoms with Gasteiger partial charge in [-0.05, 0) is 26.0 Å². The lowest BCUT2D eigenvalue weighted by Gasteiger charge is -2.26. The average molecular weight is 239 g/mol. The number of anilines is 2. The van der Waals surface area contributed by atoms with Gasteiger partial charge in [-0.15, -0.1) is 0 Å². The second-order valence-corrected chi connectivity index (χ2v) is 3.87. The normalized spacial score (nSPS) is 11.9. The fourth-order valence-electron chi connectivity index (χ4n) is 1.63. The van der Waals surface area contributed by atoms with E-state index in [0.717, 1.165) is 6.07 Å². The van der Waals surface area contributed by atoms with Crippen molar-refractivity contribution in [3.8, 4) is 6.07 Å². The minimum atomic E-state index is -0.961. The maximum atomic E-state index is 13.7. The molecule has 92 valence electrons. The molecule has 1 rings (SSSR count). The zero-order valence-corrected chi connectivity index (χ0v) is 9.87. The van der Waals surface area contributed by atoms with Crippen molar-refractivity contribution in [1.29, 1.82) is 5.26 Å². The monoisotopic (exact) mass is 239 g/mol. The highest BCUT2D eigenvalue weighted by molar-refractivity contribution is 5.68. The van der Waals surface area contributed by atoms with Crippen molar-refractivity contribution >= 4 is 11.4 Å². The molecule has 0 fully saturated rings. The zero-order chi connectivity index (χ0) is 13.0. The number of nitriles is 1. The lowest BCUT2D eigenvalue weighted by molar-refractivity contribution is 0.505. The number of benzene rings is 1. The maximum Gasteiger partial charge on any atom is 0.184 e. The van der Waals surface area contributed by atoms with E-state index in [1.807, 2.05) is 0 Å². The molecule has 0 aliphatic carbocycles. The van der Waals surface area contributed by atoms with E-state index in [1.165, 1.54) is 6.07 Å². The highest BCUT2D eigenvalue weighted by atomic mass is 19.2. The molecule has 5 heteroatoms. The lowest BCUT2D eigenvalue weighted by atomic mass is 10.1. The smallest absolute Gasteiger partial charge is 0.184 e. The van der Waals surface area contributed by atoms with Crippen molar-refractivity contribution < 1.29 is 8.78 Å². The van der Waals surface area contributed by atoms with Gasteiger partial charge >= 0.3 is 0 Å². The molecule has 0 bridgehead atoms. The van der Waals surface area contributed by atoms with Crippen LogP contribution in [-0.4, -0.2) is 13.1 Å². The SMILES string of the molecule is CCN(CC(C)C#N)c1c(N)ccc(F)c1F. The lowest BCUT2D eigenvalue weighted by Crippen LogP contribution is -2.29. The Morgan fingerprint density at radius 1 is 1.47 bits per heavy atom. The number of nitrogens with two attached hydrogens (primary N) is 1. The van der Waals surface area contributed by atoms with E-state index in [0.29, 0.717) is 13.1 Å². The van der Waals surface area contributed by atoms with Crippen LogP contribution in [-0.2, 0) is 0 Å². The number of hydrogen-bond acceptors (Lipinski definition) is 3. The van der Waals surface area contributed by atoms with E-state index in [2.05, 4.69) is 6.07 Å². The summed E-state index contributed by atoms with van der Waals surface area (Å²) in [7, 11) is 0. The van der Waals surface area contributed by atoms with Crippen molar-refractivity contribution in [2.75, 3.05) is 23.7 Å². The minimum absolute atomic E-state index is 0.0367. The molecule has 0 radical (unpaired) electrons. The summed E-state index contributed by atoms with van der Waals surface area (Å²) in [6.45, 7) is 4.29. The standard InChI is InChI=1S/C12H15F2N3/c1-3-17(7-8(2)6-15)12-10(16)5-4-9(13)11(12)14/h4-5,8H,3,7,16H2,1-2H3. The first kappa shape index (κ1) is 13.2. The third kappa shape index (κ3) is 2.84. The molecule has 17 heavy (non-hydrogen) atoms. The Balaban J connectivity index is 3.12. The van der Waals surface area contributed by atoms with Crippen LogP contribution in [0.3, 0.4) is 0 Å². The van der Waals surface area contributed by atoms with Gasteiger partial charge in [-0.2, -0.15) is 5.26 Å². The van der Waals surface area contributed by atoms with Gasteiger partial charge in [-0.3, -0.25) is 0 Å². The molecule has 0 saturated carbocycles. The largest absolute Gasteiger partial charge is 0.397 e. The Labute approximate surface area is 99.4 Å². The van der Waals surface area contributed by atoms with Crippen LogP contribution < -0.4 is 10.6 Å². The van der Waals surface area contributed by atoms with Crippen molar-refractivity contribution in [2.45, 2.75) is 13.8 Å². The third-order valence-corrected chi connectivity index (χ3v) is 2.51. The quantitative estimate of drug-likeness (QED) is 0.821. The van der Waals surface area contributed by atoms with Gasteiger partial charge in [0.1, 0.15) is 0 Å². The second kappa shape index (κ2) is 5.48. The number of nitrogen functional groups attached to an aromatic ring is 1. The number of hydrogen-bond donors (Lipinski definition) is 1. The van der Waals surface area contributed by atoms with Crippen LogP contribution in [0.25, 0.3) is 0 Å². The summed E-state index contributed by atoms with van der Waals surface area (Å²) in [6, 6.07) is 4.38. The van der Waals surface area contributed by atoms with E-state index in [1.54, 1.807) is 18.7 Å². The molecule has 0 aromatic heterocycles. The summed E-state index contributed by atoms with van der Waals surface area (Å²) < 4.78 is 26.8. The van der Waals surface area contributed by atoms with Crippen LogP contribution in [0.1, 0.15) is 13.8 Å². The molecule has 1 unspecified atom stereocenters. The molecule has 0 amide bonds. The zero-order valence-electron chi connectivity index (χ0n) is 9.87. The topological polar surface area (TPSA) is 53.0 Å². The molecule has 1 aromatic rings. The number of rotatable bonds is 4. The van der Waals surface area contributed by atoms with Crippen molar-refractivity contribution in [3.63, 3.8) is 0 Å². The Bertz CT molecular complexity index is 440. The molecule has 0 saturated heterocycles. The first-order valence-corrected chi connectivity index (χ1v) is 5.39. The Kier molecular flexibility index (Phi) is 4.27. The van der Waals surface area contributed by atoms with Gasteiger partial charge in [-0.1, -0.05) is 0 Å². The van der Waals surface area contributed by atoms with E-state index in [-0.39, 0.29) is 17.3 Å². The molecule has 0 spiro atoms. The highest BCUT2D eigenvalue weighted by Crippen LogP contribution is 2.29. The van der Waals surface area contributed by atoms with E-state index < -0.39 is 11.6 Å². The molecule has 1 aromatic carbocycles. The van der Waals surface area contributed by atoms with Crippen molar-refractivity contribution in [3.05, 3.63) is 23.8 Å². The summed E-state index contributed by atoms with van der Waals surface area (Å²) in [4.78, 5) is 1.57. The van der Waals surface area contributed by atoms with Crippen LogP contribution in [0.15, 0.2) is 12.1 Å². The molecule has 1 atom stereocenters. The Morgan fingerprint density at radius 2 is 2.12 bits per heavy atom. The molecular weight excluding hydrogens is 224 g/mol. The summed E-state index contributed by atoms with van der Waals surface area (Å²) in [5, 5.41) is 8.74. The van der Waals surface area contributed by atoms with Crippen LogP contribution in [0.5, 0.6) is 0 Å². The van der Waals surface area contributed by atoms with Crippen molar-refractivity contribution in [2.24, 2.45) is 5.92 Å². The molecule has 0 aliphatic rings. The first-order valence-electron chi connectivity index (χ1n) is 5.39. The van der Waals surface area contributed by atoms with Gasteiger partial charge in [0.15, 0.2) is 11.6 Å². The van der Waals surface area contributed by atoms with Crippen LogP contribution >= 0.6 is 0 Å². The van der Waals surface area contributed by atoms with Gasteiger partial charge in [0, 0.05) is 13.1 Å². The predicted octanol–water partition coefficient (Wildman–Crippen LogP) is 2.53. The first-order chi connectivity index (χ1) is 8.01. The number of halogens is 2.